The molecule has 74 valence electrons. The summed E-state index contributed by atoms with van der Waals surface area (Å²) in [6.45, 7) is 8.04. The maximum atomic E-state index is 9.34. The van der Waals surface area contributed by atoms with Crippen molar-refractivity contribution in [2.45, 2.75) is 39.4 Å². The predicted molar refractivity (Wildman–Crippen MR) is 50.3 cm³/mol. The summed E-state index contributed by atoms with van der Waals surface area (Å²) in [6.07, 6.45) is 0.919. The van der Waals surface area contributed by atoms with Gasteiger partial charge in [0.2, 0.25) is 0 Å². The average Bonchev–Trinajstić information content (AvgIpc) is 2.01. The highest BCUT2D eigenvalue weighted by atomic mass is 16.5. The molecule has 0 aromatic carbocycles. The van der Waals surface area contributed by atoms with Crippen LogP contribution in [0.15, 0.2) is 0 Å². The minimum Gasteiger partial charge on any atom is -0.389 e. The highest BCUT2D eigenvalue weighted by Crippen LogP contribution is 1.90. The molecule has 0 saturated carbocycles. The van der Waals surface area contributed by atoms with Gasteiger partial charge in [-0.3, -0.25) is 0 Å². The van der Waals surface area contributed by atoms with Crippen molar-refractivity contribution in [3.05, 3.63) is 0 Å². The van der Waals surface area contributed by atoms with E-state index >= 15 is 0 Å². The van der Waals surface area contributed by atoms with E-state index in [1.165, 1.54) is 0 Å². The molecular weight excluding hydrogens is 154 g/mol. The van der Waals surface area contributed by atoms with Crippen LogP contribution in [0.3, 0.4) is 0 Å². The number of aliphatic hydroxyl groups is 1. The van der Waals surface area contributed by atoms with Crippen LogP contribution in [0.5, 0.6) is 0 Å². The Kier molecular flexibility index (Phi) is 7.45. The van der Waals surface area contributed by atoms with Crippen LogP contribution in [0.4, 0.5) is 0 Å². The Morgan fingerprint density at radius 3 is 2.58 bits per heavy atom. The van der Waals surface area contributed by atoms with Gasteiger partial charge in [-0.15, -0.1) is 0 Å². The van der Waals surface area contributed by atoms with E-state index in [9.17, 15) is 5.11 Å². The van der Waals surface area contributed by atoms with Gasteiger partial charge in [0.1, 0.15) is 0 Å². The number of hydrogen-bond donors (Lipinski definition) is 2. The summed E-state index contributed by atoms with van der Waals surface area (Å²) in [5, 5.41) is 12.5. The average molecular weight is 175 g/mol. The fraction of sp³-hybridized carbons (Fsp3) is 1.00. The third-order valence-electron chi connectivity index (χ3n) is 1.43. The molecule has 0 aliphatic heterocycles. The lowest BCUT2D eigenvalue weighted by molar-refractivity contribution is 0.00650. The second-order valence-corrected chi connectivity index (χ2v) is 3.24. The van der Waals surface area contributed by atoms with Gasteiger partial charge < -0.3 is 15.2 Å². The van der Waals surface area contributed by atoms with Crippen molar-refractivity contribution < 1.29 is 9.84 Å². The molecule has 12 heavy (non-hydrogen) atoms. The van der Waals surface area contributed by atoms with Crippen molar-refractivity contribution in [1.82, 2.24) is 5.32 Å². The molecule has 2 N–H and O–H groups in total. The molecule has 0 aromatic rings. The molecule has 0 bridgehead atoms. The van der Waals surface area contributed by atoms with E-state index in [1.54, 1.807) is 0 Å². The molecule has 1 unspecified atom stereocenters. The van der Waals surface area contributed by atoms with Crippen LogP contribution >= 0.6 is 0 Å². The highest BCUT2D eigenvalue weighted by Gasteiger charge is 2.03. The molecule has 0 fully saturated rings. The smallest absolute Gasteiger partial charge is 0.0897 e. The van der Waals surface area contributed by atoms with Crippen molar-refractivity contribution >= 4 is 0 Å². The van der Waals surface area contributed by atoms with Gasteiger partial charge in [0.25, 0.3) is 0 Å². The molecule has 0 aliphatic carbocycles. The topological polar surface area (TPSA) is 41.5 Å². The van der Waals surface area contributed by atoms with Crippen LogP contribution in [0.1, 0.15) is 27.2 Å². The summed E-state index contributed by atoms with van der Waals surface area (Å²) < 4.78 is 5.24. The minimum atomic E-state index is -0.376. The summed E-state index contributed by atoms with van der Waals surface area (Å²) in [5.74, 6) is 0. The molecule has 0 amide bonds. The largest absolute Gasteiger partial charge is 0.389 e. The van der Waals surface area contributed by atoms with E-state index in [-0.39, 0.29) is 12.2 Å². The Morgan fingerprint density at radius 2 is 2.08 bits per heavy atom. The van der Waals surface area contributed by atoms with Crippen molar-refractivity contribution in [2.24, 2.45) is 0 Å². The lowest BCUT2D eigenvalue weighted by atomic mass is 10.3. The number of rotatable bonds is 7. The first-order valence-electron chi connectivity index (χ1n) is 4.67. The number of hydrogen-bond acceptors (Lipinski definition) is 3. The predicted octanol–water partition coefficient (Wildman–Crippen LogP) is 0.772. The summed E-state index contributed by atoms with van der Waals surface area (Å²) in [5.41, 5.74) is 0. The molecule has 0 aliphatic rings. The highest BCUT2D eigenvalue weighted by molar-refractivity contribution is 4.58. The van der Waals surface area contributed by atoms with E-state index in [2.05, 4.69) is 12.2 Å². The lowest BCUT2D eigenvalue weighted by Crippen LogP contribution is -2.31. The second-order valence-electron chi connectivity index (χ2n) is 3.24. The van der Waals surface area contributed by atoms with Gasteiger partial charge >= 0.3 is 0 Å². The van der Waals surface area contributed by atoms with E-state index in [0.717, 1.165) is 13.0 Å². The first-order chi connectivity index (χ1) is 5.66. The molecular formula is C9H21NO2. The SMILES string of the molecule is CCCNCC(O)COC(C)C. The fourth-order valence-corrected chi connectivity index (χ4v) is 0.808. The van der Waals surface area contributed by atoms with Crippen molar-refractivity contribution in [3.63, 3.8) is 0 Å². The van der Waals surface area contributed by atoms with Gasteiger partial charge in [-0.2, -0.15) is 0 Å². The molecule has 0 aromatic heterocycles. The van der Waals surface area contributed by atoms with E-state index < -0.39 is 0 Å². The molecule has 0 heterocycles. The molecule has 0 spiro atoms. The molecule has 0 saturated heterocycles. The number of ether oxygens (including phenoxy) is 1. The van der Waals surface area contributed by atoms with Crippen molar-refractivity contribution in [2.75, 3.05) is 19.7 Å². The number of aliphatic hydroxyl groups excluding tert-OH is 1. The van der Waals surface area contributed by atoms with Crippen LogP contribution in [-0.4, -0.2) is 37.0 Å². The zero-order valence-electron chi connectivity index (χ0n) is 8.34. The second kappa shape index (κ2) is 7.53. The van der Waals surface area contributed by atoms with Gasteiger partial charge in [-0.25, -0.2) is 0 Å². The maximum absolute atomic E-state index is 9.34. The molecule has 0 rings (SSSR count). The summed E-state index contributed by atoms with van der Waals surface area (Å²) in [4.78, 5) is 0. The minimum absolute atomic E-state index is 0.200. The van der Waals surface area contributed by atoms with Crippen LogP contribution in [0.25, 0.3) is 0 Å². The summed E-state index contributed by atoms with van der Waals surface area (Å²) in [7, 11) is 0. The third kappa shape index (κ3) is 7.98. The third-order valence-corrected chi connectivity index (χ3v) is 1.43. The van der Waals surface area contributed by atoms with E-state index in [1.807, 2.05) is 13.8 Å². The van der Waals surface area contributed by atoms with Gasteiger partial charge in [0.15, 0.2) is 0 Å². The van der Waals surface area contributed by atoms with Crippen molar-refractivity contribution in [1.29, 1.82) is 0 Å². The molecule has 0 radical (unpaired) electrons. The summed E-state index contributed by atoms with van der Waals surface area (Å²) >= 11 is 0. The fourth-order valence-electron chi connectivity index (χ4n) is 0.808. The zero-order valence-corrected chi connectivity index (χ0v) is 8.34. The van der Waals surface area contributed by atoms with Crippen molar-refractivity contribution in [3.8, 4) is 0 Å². The van der Waals surface area contributed by atoms with Crippen LogP contribution in [0.2, 0.25) is 0 Å². The Hall–Kier alpha value is -0.120. The lowest BCUT2D eigenvalue weighted by Gasteiger charge is -2.13. The standard InChI is InChI=1S/C9H21NO2/c1-4-5-10-6-9(11)7-12-8(2)3/h8-11H,4-7H2,1-3H3. The maximum Gasteiger partial charge on any atom is 0.0897 e. The van der Waals surface area contributed by atoms with E-state index in [0.29, 0.717) is 13.2 Å². The van der Waals surface area contributed by atoms with Gasteiger partial charge in [-0.05, 0) is 26.8 Å². The molecule has 1 atom stereocenters. The van der Waals surface area contributed by atoms with Gasteiger partial charge in [-0.1, -0.05) is 6.92 Å². The summed E-state index contributed by atoms with van der Waals surface area (Å²) in [6, 6.07) is 0. The van der Waals surface area contributed by atoms with Gasteiger partial charge in [0.05, 0.1) is 18.8 Å². The zero-order chi connectivity index (χ0) is 9.40. The quantitative estimate of drug-likeness (QED) is 0.562. The normalized spacial score (nSPS) is 13.8. The first-order valence-corrected chi connectivity index (χ1v) is 4.67. The Morgan fingerprint density at radius 1 is 1.42 bits per heavy atom. The monoisotopic (exact) mass is 175 g/mol. The van der Waals surface area contributed by atoms with Crippen LogP contribution in [0, 0.1) is 0 Å². The molecule has 3 nitrogen and oxygen atoms in total. The first kappa shape index (κ1) is 11.9. The van der Waals surface area contributed by atoms with Gasteiger partial charge in [0, 0.05) is 6.54 Å². The molecule has 3 heteroatoms. The van der Waals surface area contributed by atoms with E-state index in [4.69, 9.17) is 4.74 Å². The Balaban J connectivity index is 3.15. The number of nitrogens with one attached hydrogen (secondary N) is 1. The van der Waals surface area contributed by atoms with Crippen LogP contribution < -0.4 is 5.32 Å². The Bertz CT molecular complexity index is 96.5. The van der Waals surface area contributed by atoms with Crippen LogP contribution in [-0.2, 0) is 4.74 Å². The Labute approximate surface area is 75.1 Å².